The number of sulfonamides is 1. The highest BCUT2D eigenvalue weighted by Gasteiger charge is 2.12. The zero-order valence-electron chi connectivity index (χ0n) is 10.4. The molecule has 0 aromatic heterocycles. The van der Waals surface area contributed by atoms with E-state index in [4.69, 9.17) is 11.6 Å². The van der Waals surface area contributed by atoms with Gasteiger partial charge in [-0.3, -0.25) is 0 Å². The van der Waals surface area contributed by atoms with E-state index in [-0.39, 0.29) is 11.3 Å². The van der Waals surface area contributed by atoms with Crippen LogP contribution in [0.4, 0.5) is 0 Å². The number of nitrogens with one attached hydrogen (secondary N) is 1. The van der Waals surface area contributed by atoms with E-state index in [0.717, 1.165) is 32.5 Å². The third-order valence-corrected chi connectivity index (χ3v) is 4.44. The minimum absolute atomic E-state index is 0.0423. The van der Waals surface area contributed by atoms with E-state index in [1.165, 1.54) is 0 Å². The minimum atomic E-state index is -3.28. The van der Waals surface area contributed by atoms with Crippen molar-refractivity contribution in [1.82, 2.24) is 9.62 Å². The Kier molecular flexibility index (Phi) is 8.36. The van der Waals surface area contributed by atoms with Gasteiger partial charge >= 0.3 is 0 Å². The molecular formula is C10H23ClN2O2S. The Labute approximate surface area is 104 Å². The van der Waals surface area contributed by atoms with Gasteiger partial charge in [0.15, 0.2) is 0 Å². The molecule has 98 valence electrons. The summed E-state index contributed by atoms with van der Waals surface area (Å²) in [6.07, 6.45) is 1.83. The summed E-state index contributed by atoms with van der Waals surface area (Å²) >= 11 is 5.31. The fourth-order valence-corrected chi connectivity index (χ4v) is 2.54. The highest BCUT2D eigenvalue weighted by molar-refractivity contribution is 7.90. The minimum Gasteiger partial charge on any atom is -0.304 e. The molecule has 0 saturated carbocycles. The van der Waals surface area contributed by atoms with Crippen molar-refractivity contribution in [2.75, 3.05) is 24.8 Å². The molecule has 0 bridgehead atoms. The van der Waals surface area contributed by atoms with Gasteiger partial charge in [0, 0.05) is 6.04 Å². The molecule has 1 atom stereocenters. The van der Waals surface area contributed by atoms with Crippen molar-refractivity contribution in [1.29, 1.82) is 0 Å². The normalized spacial score (nSPS) is 14.3. The lowest BCUT2D eigenvalue weighted by Crippen LogP contribution is -2.34. The Morgan fingerprint density at radius 2 is 1.88 bits per heavy atom. The van der Waals surface area contributed by atoms with Crippen molar-refractivity contribution in [3.8, 4) is 0 Å². The van der Waals surface area contributed by atoms with Crippen molar-refractivity contribution in [3.05, 3.63) is 0 Å². The van der Waals surface area contributed by atoms with Crippen LogP contribution in [-0.4, -0.2) is 44.2 Å². The van der Waals surface area contributed by atoms with Gasteiger partial charge < -0.3 is 4.90 Å². The van der Waals surface area contributed by atoms with E-state index in [1.807, 2.05) is 6.92 Å². The Morgan fingerprint density at radius 3 is 2.31 bits per heavy atom. The molecule has 0 rings (SSSR count). The van der Waals surface area contributed by atoms with Crippen LogP contribution in [0.15, 0.2) is 0 Å². The zero-order chi connectivity index (χ0) is 12.6. The van der Waals surface area contributed by atoms with Crippen molar-refractivity contribution in [2.45, 2.75) is 39.7 Å². The zero-order valence-corrected chi connectivity index (χ0v) is 11.9. The van der Waals surface area contributed by atoms with Crippen molar-refractivity contribution in [3.63, 3.8) is 0 Å². The van der Waals surface area contributed by atoms with Crippen LogP contribution in [0.2, 0.25) is 0 Å². The average Bonchev–Trinajstić information content (AvgIpc) is 2.24. The molecule has 0 aromatic rings. The monoisotopic (exact) mass is 270 g/mol. The Balaban J connectivity index is 3.78. The van der Waals surface area contributed by atoms with Crippen LogP contribution in [0.5, 0.6) is 0 Å². The molecule has 0 aliphatic rings. The predicted octanol–water partition coefficient (Wildman–Crippen LogP) is 1.61. The van der Waals surface area contributed by atoms with Crippen molar-refractivity contribution < 1.29 is 8.42 Å². The summed E-state index contributed by atoms with van der Waals surface area (Å²) < 4.78 is 24.9. The number of rotatable bonds is 9. The SMILES string of the molecule is CCN(CC)CCCC(C)NS(=O)(=O)CCl. The first kappa shape index (κ1) is 16.2. The molecule has 4 nitrogen and oxygen atoms in total. The van der Waals surface area contributed by atoms with E-state index in [9.17, 15) is 8.42 Å². The van der Waals surface area contributed by atoms with Crippen LogP contribution in [0.1, 0.15) is 33.6 Å². The highest BCUT2D eigenvalue weighted by Crippen LogP contribution is 2.02. The van der Waals surface area contributed by atoms with Gasteiger partial charge in [0.05, 0.1) is 0 Å². The average molecular weight is 271 g/mol. The van der Waals surface area contributed by atoms with E-state index >= 15 is 0 Å². The Hall–Kier alpha value is 0.160. The van der Waals surface area contributed by atoms with Crippen LogP contribution < -0.4 is 4.72 Å². The molecular weight excluding hydrogens is 248 g/mol. The van der Waals surface area contributed by atoms with E-state index in [0.29, 0.717) is 0 Å². The molecule has 0 aromatic carbocycles. The van der Waals surface area contributed by atoms with E-state index < -0.39 is 10.0 Å². The van der Waals surface area contributed by atoms with Crippen LogP contribution in [-0.2, 0) is 10.0 Å². The lowest BCUT2D eigenvalue weighted by Gasteiger charge is -2.19. The number of hydrogen-bond acceptors (Lipinski definition) is 3. The maximum absolute atomic E-state index is 11.2. The molecule has 0 radical (unpaired) electrons. The molecule has 0 aliphatic carbocycles. The van der Waals surface area contributed by atoms with Gasteiger partial charge in [0.1, 0.15) is 5.21 Å². The maximum atomic E-state index is 11.2. The third kappa shape index (κ3) is 7.44. The molecule has 0 spiro atoms. The van der Waals surface area contributed by atoms with Crippen molar-refractivity contribution >= 4 is 21.6 Å². The van der Waals surface area contributed by atoms with Gasteiger partial charge in [-0.15, -0.1) is 11.6 Å². The van der Waals surface area contributed by atoms with Gasteiger partial charge in [0.2, 0.25) is 10.0 Å². The molecule has 6 heteroatoms. The van der Waals surface area contributed by atoms with Gasteiger partial charge in [-0.2, -0.15) is 0 Å². The fourth-order valence-electron chi connectivity index (χ4n) is 1.56. The summed E-state index contributed by atoms with van der Waals surface area (Å²) in [7, 11) is -3.28. The quantitative estimate of drug-likeness (QED) is 0.648. The number of hydrogen-bond donors (Lipinski definition) is 1. The number of alkyl halides is 1. The van der Waals surface area contributed by atoms with Crippen LogP contribution in [0.3, 0.4) is 0 Å². The highest BCUT2D eigenvalue weighted by atomic mass is 35.5. The van der Waals surface area contributed by atoms with E-state index in [1.54, 1.807) is 0 Å². The summed E-state index contributed by atoms with van der Waals surface area (Å²) in [5.74, 6) is 0. The first-order chi connectivity index (χ1) is 7.45. The van der Waals surface area contributed by atoms with Gasteiger partial charge in [0.25, 0.3) is 0 Å². The number of halogens is 1. The molecule has 1 unspecified atom stereocenters. The predicted molar refractivity (Wildman–Crippen MR) is 69.3 cm³/mol. The summed E-state index contributed by atoms with van der Waals surface area (Å²) in [6, 6.07) is -0.0423. The molecule has 16 heavy (non-hydrogen) atoms. The van der Waals surface area contributed by atoms with Crippen LogP contribution >= 0.6 is 11.6 Å². The van der Waals surface area contributed by atoms with Crippen LogP contribution in [0, 0.1) is 0 Å². The fraction of sp³-hybridized carbons (Fsp3) is 1.00. The maximum Gasteiger partial charge on any atom is 0.225 e. The molecule has 0 saturated heterocycles. The Bertz CT molecular complexity index is 266. The van der Waals surface area contributed by atoms with Crippen molar-refractivity contribution in [2.24, 2.45) is 0 Å². The Morgan fingerprint density at radius 1 is 1.31 bits per heavy atom. The largest absolute Gasteiger partial charge is 0.304 e. The lowest BCUT2D eigenvalue weighted by molar-refractivity contribution is 0.293. The first-order valence-corrected chi connectivity index (χ1v) is 7.92. The lowest BCUT2D eigenvalue weighted by atomic mass is 10.2. The molecule has 0 aliphatic heterocycles. The second-order valence-electron chi connectivity index (χ2n) is 3.91. The van der Waals surface area contributed by atoms with E-state index in [2.05, 4.69) is 23.5 Å². The van der Waals surface area contributed by atoms with Gasteiger partial charge in [-0.25, -0.2) is 13.1 Å². The number of nitrogens with zero attached hydrogens (tertiary/aromatic N) is 1. The summed E-state index contributed by atoms with van der Waals surface area (Å²) in [6.45, 7) is 9.22. The second kappa shape index (κ2) is 8.28. The van der Waals surface area contributed by atoms with Gasteiger partial charge in [-0.1, -0.05) is 13.8 Å². The van der Waals surface area contributed by atoms with Crippen LogP contribution in [0.25, 0.3) is 0 Å². The summed E-state index contributed by atoms with van der Waals surface area (Å²) in [5, 5.41) is -0.368. The molecule has 1 N–H and O–H groups in total. The second-order valence-corrected chi connectivity index (χ2v) is 6.25. The summed E-state index contributed by atoms with van der Waals surface area (Å²) in [4.78, 5) is 2.32. The molecule has 0 fully saturated rings. The topological polar surface area (TPSA) is 49.4 Å². The summed E-state index contributed by atoms with van der Waals surface area (Å²) in [5.41, 5.74) is 0. The van der Waals surface area contributed by atoms with Gasteiger partial charge in [-0.05, 0) is 39.4 Å². The third-order valence-electron chi connectivity index (χ3n) is 2.53. The molecule has 0 amide bonds. The first-order valence-electron chi connectivity index (χ1n) is 5.73. The molecule has 0 heterocycles. The standard InChI is InChI=1S/C10H23ClN2O2S/c1-4-13(5-2)8-6-7-10(3)12-16(14,15)9-11/h10,12H,4-9H2,1-3H3. The smallest absolute Gasteiger partial charge is 0.225 e.